The van der Waals surface area contributed by atoms with Crippen LogP contribution in [0.5, 0.6) is 0 Å². The topological polar surface area (TPSA) is 46.9 Å². The highest BCUT2D eigenvalue weighted by atomic mass is 35.5. The molecule has 124 valence electrons. The Balaban J connectivity index is 2.00. The van der Waals surface area contributed by atoms with Gasteiger partial charge in [-0.15, -0.1) is 5.10 Å². The quantitative estimate of drug-likeness (QED) is 0.551. The Hall–Kier alpha value is -0.890. The summed E-state index contributed by atoms with van der Waals surface area (Å²) in [5, 5.41) is 8.16. The monoisotopic (exact) mass is 387 g/mol. The minimum absolute atomic E-state index is 0.0304. The molecule has 0 aliphatic carbocycles. The first-order chi connectivity index (χ1) is 11.0. The summed E-state index contributed by atoms with van der Waals surface area (Å²) in [6, 6.07) is 7.58. The van der Waals surface area contributed by atoms with Gasteiger partial charge in [-0.05, 0) is 49.3 Å². The molecule has 4 nitrogen and oxygen atoms in total. The third-order valence-corrected chi connectivity index (χ3v) is 5.90. The lowest BCUT2D eigenvalue weighted by Gasteiger charge is -2.13. The number of halogens is 1. The highest BCUT2D eigenvalue weighted by Gasteiger charge is 2.11. The zero-order valence-corrected chi connectivity index (χ0v) is 16.1. The summed E-state index contributed by atoms with van der Waals surface area (Å²) in [5.41, 5.74) is 0.865. The van der Waals surface area contributed by atoms with Gasteiger partial charge in [-0.3, -0.25) is 4.79 Å². The molecule has 1 amide bonds. The number of amides is 1. The van der Waals surface area contributed by atoms with Crippen LogP contribution in [0, 0.1) is 3.95 Å². The van der Waals surface area contributed by atoms with E-state index in [0.717, 1.165) is 22.9 Å². The predicted molar refractivity (Wildman–Crippen MR) is 101 cm³/mol. The predicted octanol–water partition coefficient (Wildman–Crippen LogP) is 4.71. The van der Waals surface area contributed by atoms with Crippen LogP contribution in [-0.2, 0) is 4.79 Å². The van der Waals surface area contributed by atoms with Gasteiger partial charge in [0.15, 0.2) is 8.29 Å². The molecule has 0 spiro atoms. The van der Waals surface area contributed by atoms with Gasteiger partial charge in [0.05, 0.1) is 11.4 Å². The van der Waals surface area contributed by atoms with Crippen molar-refractivity contribution in [2.24, 2.45) is 0 Å². The molecule has 0 fully saturated rings. The Morgan fingerprint density at radius 2 is 2.04 bits per heavy atom. The molecule has 2 rings (SSSR count). The Bertz CT molecular complexity index is 708. The summed E-state index contributed by atoms with van der Waals surface area (Å²) in [4.78, 5) is 11.9. The molecule has 0 saturated carbocycles. The third kappa shape index (κ3) is 5.31. The van der Waals surface area contributed by atoms with Crippen LogP contribution >= 0.6 is 46.9 Å². The summed E-state index contributed by atoms with van der Waals surface area (Å²) in [6.07, 6.45) is 1.88. The van der Waals surface area contributed by atoms with Crippen LogP contribution in [0.4, 0.5) is 0 Å². The summed E-state index contributed by atoms with van der Waals surface area (Å²) >= 11 is 14.0. The molecule has 1 aromatic carbocycles. The molecule has 0 atom stereocenters. The number of carbonyl (C=O) groups is 1. The lowest BCUT2D eigenvalue weighted by molar-refractivity contribution is -0.119. The molecule has 2 aromatic rings. The van der Waals surface area contributed by atoms with Crippen molar-refractivity contribution in [1.29, 1.82) is 0 Å². The van der Waals surface area contributed by atoms with Crippen LogP contribution in [0.15, 0.2) is 28.6 Å². The average Bonchev–Trinajstić information content (AvgIpc) is 2.92. The van der Waals surface area contributed by atoms with Crippen molar-refractivity contribution in [3.63, 3.8) is 0 Å². The van der Waals surface area contributed by atoms with E-state index < -0.39 is 0 Å². The van der Waals surface area contributed by atoms with E-state index in [1.807, 2.05) is 12.1 Å². The van der Waals surface area contributed by atoms with Crippen LogP contribution in [0.1, 0.15) is 26.7 Å². The summed E-state index contributed by atoms with van der Waals surface area (Å²) in [6.45, 7) is 4.14. The smallest absolute Gasteiger partial charge is 0.230 e. The van der Waals surface area contributed by atoms with Crippen LogP contribution < -0.4 is 5.32 Å². The van der Waals surface area contributed by atoms with Crippen LogP contribution in [0.2, 0.25) is 5.02 Å². The Kier molecular flexibility index (Phi) is 7.08. The van der Waals surface area contributed by atoms with Gasteiger partial charge in [0.2, 0.25) is 5.91 Å². The number of benzene rings is 1. The number of hydrogen-bond donors (Lipinski definition) is 1. The minimum Gasteiger partial charge on any atom is -0.353 e. The number of thioether (sulfide) groups is 1. The Morgan fingerprint density at radius 3 is 2.65 bits per heavy atom. The number of nitrogens with zero attached hydrogens (tertiary/aromatic N) is 2. The zero-order valence-electron chi connectivity index (χ0n) is 12.9. The van der Waals surface area contributed by atoms with E-state index in [4.69, 9.17) is 23.8 Å². The van der Waals surface area contributed by atoms with Crippen molar-refractivity contribution in [3.8, 4) is 5.69 Å². The van der Waals surface area contributed by atoms with Crippen molar-refractivity contribution < 1.29 is 4.79 Å². The van der Waals surface area contributed by atoms with Gasteiger partial charge in [0, 0.05) is 11.1 Å². The van der Waals surface area contributed by atoms with Crippen molar-refractivity contribution in [3.05, 3.63) is 33.2 Å². The van der Waals surface area contributed by atoms with Gasteiger partial charge in [0.25, 0.3) is 0 Å². The van der Waals surface area contributed by atoms with Gasteiger partial charge < -0.3 is 5.32 Å². The molecule has 0 unspecified atom stereocenters. The molecule has 0 aliphatic rings. The molecule has 1 aromatic heterocycles. The lowest BCUT2D eigenvalue weighted by Crippen LogP contribution is -2.34. The molecule has 1 N–H and O–H groups in total. The Labute approximate surface area is 154 Å². The number of rotatable bonds is 7. The fourth-order valence-electron chi connectivity index (χ4n) is 1.95. The lowest BCUT2D eigenvalue weighted by atomic mass is 10.2. The summed E-state index contributed by atoms with van der Waals surface area (Å²) in [7, 11) is 0. The molecule has 0 saturated heterocycles. The van der Waals surface area contributed by atoms with Crippen molar-refractivity contribution in [2.45, 2.75) is 37.1 Å². The number of nitrogens with one attached hydrogen (secondary N) is 1. The first-order valence-corrected chi connectivity index (χ1v) is 9.90. The fraction of sp³-hybridized carbons (Fsp3) is 0.400. The molecule has 1 heterocycles. The first-order valence-electron chi connectivity index (χ1n) is 7.31. The molecule has 0 bridgehead atoms. The summed E-state index contributed by atoms with van der Waals surface area (Å²) in [5.74, 6) is 0.377. The highest BCUT2D eigenvalue weighted by Crippen LogP contribution is 2.24. The van der Waals surface area contributed by atoms with E-state index in [0.29, 0.717) is 14.7 Å². The van der Waals surface area contributed by atoms with Crippen molar-refractivity contribution in [2.75, 3.05) is 5.75 Å². The van der Waals surface area contributed by atoms with Crippen LogP contribution in [-0.4, -0.2) is 27.5 Å². The molecule has 23 heavy (non-hydrogen) atoms. The maximum atomic E-state index is 11.9. The first kappa shape index (κ1) is 18.4. The standard InChI is InChI=1S/C15H18ClN3OS3/c1-3-11(4-2)17-13(20)9-22-14-18-19(15(21)23-14)12-7-5-10(16)6-8-12/h5-8,11H,3-4,9H2,1-2H3,(H,17,20). The van der Waals surface area contributed by atoms with Gasteiger partial charge in [-0.1, -0.05) is 48.5 Å². The minimum atomic E-state index is 0.0304. The maximum Gasteiger partial charge on any atom is 0.230 e. The van der Waals surface area contributed by atoms with E-state index in [-0.39, 0.29) is 11.9 Å². The largest absolute Gasteiger partial charge is 0.353 e. The van der Waals surface area contributed by atoms with Crippen molar-refractivity contribution >= 4 is 52.8 Å². The third-order valence-electron chi connectivity index (χ3n) is 3.28. The highest BCUT2D eigenvalue weighted by molar-refractivity contribution is 8.01. The second-order valence-electron chi connectivity index (χ2n) is 4.89. The van der Waals surface area contributed by atoms with Crippen molar-refractivity contribution in [1.82, 2.24) is 15.1 Å². The molecular weight excluding hydrogens is 370 g/mol. The van der Waals surface area contributed by atoms with E-state index in [9.17, 15) is 4.79 Å². The molecule has 0 radical (unpaired) electrons. The number of hydrogen-bond acceptors (Lipinski definition) is 5. The Morgan fingerprint density at radius 1 is 1.39 bits per heavy atom. The average molecular weight is 388 g/mol. The van der Waals surface area contributed by atoms with Crippen LogP contribution in [0.3, 0.4) is 0 Å². The fourth-order valence-corrected chi connectivity index (χ4v) is 4.25. The zero-order chi connectivity index (χ0) is 16.8. The molecular formula is C15H18ClN3OS3. The van der Waals surface area contributed by atoms with Gasteiger partial charge in [0.1, 0.15) is 0 Å². The molecule has 8 heteroatoms. The van der Waals surface area contributed by atoms with Gasteiger partial charge in [-0.2, -0.15) is 0 Å². The second-order valence-corrected chi connectivity index (χ2v) is 8.17. The van der Waals surface area contributed by atoms with E-state index >= 15 is 0 Å². The van der Waals surface area contributed by atoms with E-state index in [1.54, 1.807) is 16.8 Å². The van der Waals surface area contributed by atoms with E-state index in [2.05, 4.69) is 24.3 Å². The number of aromatic nitrogens is 2. The normalized spacial score (nSPS) is 11.0. The maximum absolute atomic E-state index is 11.9. The summed E-state index contributed by atoms with van der Waals surface area (Å²) < 4.78 is 3.12. The van der Waals surface area contributed by atoms with Crippen LogP contribution in [0.25, 0.3) is 5.69 Å². The van der Waals surface area contributed by atoms with Gasteiger partial charge in [-0.25, -0.2) is 4.68 Å². The van der Waals surface area contributed by atoms with Gasteiger partial charge >= 0.3 is 0 Å². The second kappa shape index (κ2) is 8.82. The molecule has 0 aliphatic heterocycles. The van der Waals surface area contributed by atoms with E-state index in [1.165, 1.54) is 23.1 Å². The number of carbonyl (C=O) groups excluding carboxylic acids is 1. The SMILES string of the molecule is CCC(CC)NC(=O)CSc1nn(-c2ccc(Cl)cc2)c(=S)s1.